The number of azide groups is 2. The molecule has 6 fully saturated rings. The maximum Gasteiger partial charge on any atom is 0.0947 e. The normalized spacial score (nSPS) is 53.1. The second-order valence-electron chi connectivity index (χ2n) is 18.2. The Morgan fingerprint density at radius 1 is 0.680 bits per heavy atom. The minimum atomic E-state index is -0.743. The summed E-state index contributed by atoms with van der Waals surface area (Å²) in [6.07, 6.45) is 20.7. The third-order valence-corrected chi connectivity index (χ3v) is 16.2. The highest BCUT2D eigenvalue weighted by Crippen LogP contribution is 2.69. The maximum atomic E-state index is 10.6. The molecule has 14 atom stereocenters. The van der Waals surface area contributed by atoms with Gasteiger partial charge in [0.1, 0.15) is 0 Å². The van der Waals surface area contributed by atoms with E-state index >= 15 is 0 Å². The Bertz CT molecular complexity index is 1610. The summed E-state index contributed by atoms with van der Waals surface area (Å²) in [6.45, 7) is 6.64. The van der Waals surface area contributed by atoms with Crippen LogP contribution in [0, 0.1) is 28.6 Å². The second-order valence-corrected chi connectivity index (χ2v) is 18.2. The largest absolute Gasteiger partial charge is 0.393 e. The lowest BCUT2D eigenvalue weighted by Gasteiger charge is -2.55. The monoisotopic (exact) mass is 684 g/mol. The molecule has 4 aliphatic heterocycles. The number of aliphatic hydroxyl groups excluding tert-OH is 3. The van der Waals surface area contributed by atoms with Crippen molar-refractivity contribution in [3.63, 3.8) is 0 Å². The molecule has 11 nitrogen and oxygen atoms in total. The molecule has 10 rings (SSSR count). The Labute approximate surface area is 294 Å². The maximum absolute atomic E-state index is 10.6. The summed E-state index contributed by atoms with van der Waals surface area (Å²) in [5.41, 5.74) is 21.7. The molecule has 268 valence electrons. The van der Waals surface area contributed by atoms with E-state index in [1.165, 1.54) is 16.7 Å². The third-order valence-electron chi connectivity index (χ3n) is 16.2. The predicted molar refractivity (Wildman–Crippen MR) is 186 cm³/mol. The fourth-order valence-electron chi connectivity index (χ4n) is 13.4. The highest BCUT2D eigenvalue weighted by Gasteiger charge is 2.69. The average molecular weight is 685 g/mol. The quantitative estimate of drug-likeness (QED) is 0.154. The Hall–Kier alpha value is -2.62. The van der Waals surface area contributed by atoms with Crippen molar-refractivity contribution in [2.45, 2.75) is 163 Å². The van der Waals surface area contributed by atoms with Gasteiger partial charge in [-0.2, -0.15) is 0 Å². The molecule has 2 saturated heterocycles. The van der Waals surface area contributed by atoms with E-state index in [1.54, 1.807) is 0 Å². The number of ether oxygens (including phenoxy) is 2. The van der Waals surface area contributed by atoms with Crippen LogP contribution < -0.4 is 0 Å². The summed E-state index contributed by atoms with van der Waals surface area (Å²) >= 11 is 0. The van der Waals surface area contributed by atoms with Crippen molar-refractivity contribution >= 4 is 0 Å². The molecule has 0 aromatic carbocycles. The summed E-state index contributed by atoms with van der Waals surface area (Å²) in [7, 11) is 0. The molecule has 10 aliphatic rings. The van der Waals surface area contributed by atoms with Crippen molar-refractivity contribution in [3.8, 4) is 0 Å². The van der Waals surface area contributed by atoms with E-state index in [0.717, 1.165) is 89.0 Å². The van der Waals surface area contributed by atoms with Crippen molar-refractivity contribution in [3.05, 3.63) is 67.5 Å². The molecular weight excluding hydrogens is 632 g/mol. The first-order chi connectivity index (χ1) is 23.9. The number of hydrogen-bond acceptors (Lipinski definition) is 7. The molecule has 4 heterocycles. The molecule has 50 heavy (non-hydrogen) atoms. The number of fused-ring (bicyclic) bond motifs is 2. The Balaban J connectivity index is 0.000000135. The number of rotatable bonds is 2. The molecule has 4 spiro atoms. The van der Waals surface area contributed by atoms with Crippen molar-refractivity contribution in [2.24, 2.45) is 38.8 Å². The van der Waals surface area contributed by atoms with E-state index in [4.69, 9.17) is 20.5 Å². The van der Waals surface area contributed by atoms with Gasteiger partial charge in [-0.3, -0.25) is 0 Å². The van der Waals surface area contributed by atoms with Gasteiger partial charge in [0.25, 0.3) is 0 Å². The summed E-state index contributed by atoms with van der Waals surface area (Å²) in [5, 5.41) is 39.4. The fourth-order valence-corrected chi connectivity index (χ4v) is 13.4. The van der Waals surface area contributed by atoms with Gasteiger partial charge in [-0.05, 0) is 158 Å². The fraction of sp³-hybridized carbons (Fsp3) is 0.795. The Morgan fingerprint density at radius 2 is 1.16 bits per heavy atom. The zero-order valence-electron chi connectivity index (χ0n) is 29.7. The molecule has 0 aromatic rings. The summed E-state index contributed by atoms with van der Waals surface area (Å²) in [6, 6.07) is -0.494. The topological polar surface area (TPSA) is 177 Å². The first-order valence-corrected chi connectivity index (χ1v) is 19.3. The molecule has 0 unspecified atom stereocenters. The second kappa shape index (κ2) is 11.0. The van der Waals surface area contributed by atoms with Crippen LogP contribution >= 0.6 is 0 Å². The van der Waals surface area contributed by atoms with Gasteiger partial charge in [-0.15, -0.1) is 0 Å². The van der Waals surface area contributed by atoms with Crippen LogP contribution in [0.25, 0.3) is 20.9 Å². The smallest absolute Gasteiger partial charge is 0.0947 e. The lowest BCUT2D eigenvalue weighted by molar-refractivity contribution is -0.153. The molecule has 0 amide bonds. The van der Waals surface area contributed by atoms with Gasteiger partial charge in [0.15, 0.2) is 0 Å². The molecule has 6 aliphatic carbocycles. The lowest BCUT2D eigenvalue weighted by atomic mass is 9.58. The van der Waals surface area contributed by atoms with E-state index in [1.807, 2.05) is 6.08 Å². The van der Waals surface area contributed by atoms with Crippen LogP contribution in [0.5, 0.6) is 0 Å². The molecule has 11 heteroatoms. The molecule has 4 bridgehead atoms. The van der Waals surface area contributed by atoms with Crippen LogP contribution in [0.4, 0.5) is 0 Å². The van der Waals surface area contributed by atoms with E-state index < -0.39 is 17.7 Å². The van der Waals surface area contributed by atoms with Crippen molar-refractivity contribution in [1.82, 2.24) is 0 Å². The van der Waals surface area contributed by atoms with Crippen molar-refractivity contribution < 1.29 is 24.8 Å². The average Bonchev–Trinajstić information content (AvgIpc) is 3.78. The highest BCUT2D eigenvalue weighted by atomic mass is 16.5. The van der Waals surface area contributed by atoms with Gasteiger partial charge in [-0.25, -0.2) is 0 Å². The zero-order chi connectivity index (χ0) is 34.9. The van der Waals surface area contributed by atoms with Gasteiger partial charge in [0.05, 0.1) is 46.8 Å². The van der Waals surface area contributed by atoms with Gasteiger partial charge in [0.2, 0.25) is 0 Å². The van der Waals surface area contributed by atoms with Gasteiger partial charge in [-0.1, -0.05) is 49.2 Å². The van der Waals surface area contributed by atoms with Crippen LogP contribution in [0.1, 0.15) is 111 Å². The van der Waals surface area contributed by atoms with Crippen LogP contribution in [-0.4, -0.2) is 68.1 Å². The zero-order valence-corrected chi connectivity index (χ0v) is 29.7. The minimum Gasteiger partial charge on any atom is -0.393 e. The van der Waals surface area contributed by atoms with Crippen LogP contribution in [0.3, 0.4) is 0 Å². The van der Waals surface area contributed by atoms with Gasteiger partial charge < -0.3 is 24.8 Å². The SMILES string of the molecule is C[C@H]1C=C2C=C3CC[C@@]4(C)[C@@H](CC[C@@H]4O)[C@@]34CC[C@]2(C[C@@H]1N=[N+]=[N-])O4.C[C@]12CCC3=CC4=C[C@H](O)[C@@H](N=[N+]=[N-])C[C@]45CC[C@]3(O5)[C@@H]1CC[C@@H]2O. The van der Waals surface area contributed by atoms with E-state index in [-0.39, 0.29) is 51.8 Å². The number of hydrogen-bond donors (Lipinski definition) is 3. The summed E-state index contributed by atoms with van der Waals surface area (Å²) in [4.78, 5) is 5.98. The number of nitrogens with zero attached hydrogens (tertiary/aromatic N) is 6. The van der Waals surface area contributed by atoms with Gasteiger partial charge >= 0.3 is 0 Å². The Kier molecular flexibility index (Phi) is 7.28. The Morgan fingerprint density at radius 3 is 1.68 bits per heavy atom. The molecule has 4 saturated carbocycles. The number of aliphatic hydroxyl groups is 3. The third kappa shape index (κ3) is 4.23. The first-order valence-electron chi connectivity index (χ1n) is 19.3. The van der Waals surface area contributed by atoms with Crippen LogP contribution in [0.15, 0.2) is 56.8 Å². The lowest BCUT2D eigenvalue weighted by Crippen LogP contribution is -2.56. The summed E-state index contributed by atoms with van der Waals surface area (Å²) < 4.78 is 13.9. The predicted octanol–water partition coefficient (Wildman–Crippen LogP) is 7.59. The van der Waals surface area contributed by atoms with Crippen molar-refractivity contribution in [1.29, 1.82) is 0 Å². The van der Waals surface area contributed by atoms with E-state index in [0.29, 0.717) is 18.3 Å². The highest BCUT2D eigenvalue weighted by molar-refractivity contribution is 5.49. The van der Waals surface area contributed by atoms with E-state index in [9.17, 15) is 15.3 Å². The molecule has 0 radical (unpaired) electrons. The summed E-state index contributed by atoms with van der Waals surface area (Å²) in [5.74, 6) is 1.01. The standard InChI is InChI=1S/C20H27N3O2.C19H25N3O3/c1-12-9-14-10-13-5-6-18(2)16(3-4-17(18)24)20(13)8-7-19(14,25-20)11-15(12)22-23-21;1-17-5-4-11-8-12-9-14(23)13(21-22-20)10-18(12)6-7-19(11,25-18)15(17)2-3-16(17)24/h9-10,12,15-17,24H,3-8,11H2,1-2H3;8-9,13-16,23-24H,2-7,10H2,1H3/t12-,15-,16+,17-,18-,19+,20+;13-,14-,15+,16-,17-,18+,19+/m00/s1. The molecule has 3 N–H and O–H groups in total. The molecular formula is C39H52N6O5. The van der Waals surface area contributed by atoms with Crippen LogP contribution in [-0.2, 0) is 9.47 Å². The first kappa shape index (κ1) is 33.2. The molecule has 0 aromatic heterocycles. The van der Waals surface area contributed by atoms with E-state index in [2.05, 4.69) is 59.1 Å². The van der Waals surface area contributed by atoms with Crippen molar-refractivity contribution in [2.75, 3.05) is 0 Å². The van der Waals surface area contributed by atoms with Gasteiger partial charge in [0, 0.05) is 15.9 Å². The van der Waals surface area contributed by atoms with Crippen LogP contribution in [0.2, 0.25) is 0 Å². The minimum absolute atomic E-state index is 0.0176.